The molecule has 6 nitrogen and oxygen atoms in total. The van der Waals surface area contributed by atoms with Gasteiger partial charge in [-0.05, 0) is 6.92 Å². The van der Waals surface area contributed by atoms with E-state index in [9.17, 15) is 0 Å². The summed E-state index contributed by atoms with van der Waals surface area (Å²) in [5.74, 6) is 0.274. The molecular weight excluding hydrogens is 148 g/mol. The molecule has 0 fully saturated rings. The first kappa shape index (κ1) is 7.70. The normalized spacial score (nSPS) is 9.36. The molecule has 0 saturated heterocycles. The van der Waals surface area contributed by atoms with Crippen LogP contribution in [0.3, 0.4) is 0 Å². The van der Waals surface area contributed by atoms with Gasteiger partial charge in [0.15, 0.2) is 5.82 Å². The highest BCUT2D eigenvalue weighted by Gasteiger charge is 1.98. The van der Waals surface area contributed by atoms with Crippen molar-refractivity contribution < 1.29 is 10.4 Å². The van der Waals surface area contributed by atoms with Crippen LogP contribution in [0, 0.1) is 6.92 Å². The summed E-state index contributed by atoms with van der Waals surface area (Å²) in [5.41, 5.74) is 4.24. The summed E-state index contributed by atoms with van der Waals surface area (Å²) in [6, 6.07) is 1.53. The highest BCUT2D eigenvalue weighted by Crippen LogP contribution is 2.06. The lowest BCUT2D eigenvalue weighted by Gasteiger charge is -2.01. The second-order valence-corrected chi connectivity index (χ2v) is 1.94. The number of anilines is 2. The zero-order valence-corrected chi connectivity index (χ0v) is 5.87. The number of hydrogen-bond acceptors (Lipinski definition) is 6. The van der Waals surface area contributed by atoms with Crippen LogP contribution in [0.25, 0.3) is 0 Å². The summed E-state index contributed by atoms with van der Waals surface area (Å²) in [4.78, 5) is 7.41. The fourth-order valence-corrected chi connectivity index (χ4v) is 0.676. The largest absolute Gasteiger partial charge is 0.290 e. The van der Waals surface area contributed by atoms with Crippen LogP contribution in [0.15, 0.2) is 6.07 Å². The fraction of sp³-hybridized carbons (Fsp3) is 0.200. The molecule has 0 radical (unpaired) electrons. The van der Waals surface area contributed by atoms with Crippen molar-refractivity contribution in [3.05, 3.63) is 11.8 Å². The molecule has 0 amide bonds. The van der Waals surface area contributed by atoms with Gasteiger partial charge in [-0.3, -0.25) is 15.9 Å². The van der Waals surface area contributed by atoms with E-state index < -0.39 is 0 Å². The molecule has 0 aliphatic rings. The molecule has 0 aliphatic carbocycles. The molecule has 1 aromatic rings. The average Bonchev–Trinajstić information content (AvgIpc) is 2.03. The molecule has 60 valence electrons. The Kier molecular flexibility index (Phi) is 2.19. The monoisotopic (exact) mass is 156 g/mol. The first-order valence-electron chi connectivity index (χ1n) is 2.92. The molecule has 0 unspecified atom stereocenters. The van der Waals surface area contributed by atoms with E-state index in [2.05, 4.69) is 9.97 Å². The smallest absolute Gasteiger partial charge is 0.249 e. The van der Waals surface area contributed by atoms with Crippen LogP contribution in [-0.4, -0.2) is 20.4 Å². The topological polar surface area (TPSA) is 90.3 Å². The van der Waals surface area contributed by atoms with Crippen molar-refractivity contribution in [3.8, 4) is 0 Å². The molecule has 0 bridgehead atoms. The van der Waals surface area contributed by atoms with Crippen molar-refractivity contribution >= 4 is 11.8 Å². The first-order valence-corrected chi connectivity index (χ1v) is 2.92. The molecule has 1 aromatic heterocycles. The predicted molar refractivity (Wildman–Crippen MR) is 37.6 cm³/mol. The van der Waals surface area contributed by atoms with E-state index in [1.54, 1.807) is 12.4 Å². The van der Waals surface area contributed by atoms with Gasteiger partial charge in [-0.2, -0.15) is 4.98 Å². The molecule has 1 heterocycles. The molecule has 0 aromatic carbocycles. The summed E-state index contributed by atoms with van der Waals surface area (Å²) in [7, 11) is 0. The van der Waals surface area contributed by atoms with E-state index in [0.29, 0.717) is 5.69 Å². The quantitative estimate of drug-likeness (QED) is 0.463. The third-order valence-electron chi connectivity index (χ3n) is 1.07. The number of aromatic nitrogens is 2. The Bertz CT molecular complexity index is 230. The minimum absolute atomic E-state index is 0.0431. The van der Waals surface area contributed by atoms with Crippen molar-refractivity contribution in [2.75, 3.05) is 11.0 Å². The number of aryl methyl sites for hydroxylation is 1. The van der Waals surface area contributed by atoms with Crippen molar-refractivity contribution in [3.63, 3.8) is 0 Å². The van der Waals surface area contributed by atoms with Gasteiger partial charge in [0.1, 0.15) is 0 Å². The second-order valence-electron chi connectivity index (χ2n) is 1.94. The van der Waals surface area contributed by atoms with Gasteiger partial charge >= 0.3 is 0 Å². The second kappa shape index (κ2) is 3.13. The maximum Gasteiger partial charge on any atom is 0.249 e. The Balaban J connectivity index is 3.02. The first-order chi connectivity index (χ1) is 5.26. The molecular formula is C5H8N4O2. The van der Waals surface area contributed by atoms with Crippen molar-refractivity contribution in [1.29, 1.82) is 0 Å². The Morgan fingerprint density at radius 1 is 1.27 bits per heavy atom. The molecule has 0 spiro atoms. The standard InChI is InChI=1S/C5H8N4O2/c1-3-2-4(8-10)7-5(6-3)9-11/h2,10-11H,1H3,(H2,6,7,8,9). The van der Waals surface area contributed by atoms with Crippen LogP contribution in [0.5, 0.6) is 0 Å². The SMILES string of the molecule is Cc1cc(NO)nc(NO)n1. The molecule has 0 aliphatic heterocycles. The summed E-state index contributed by atoms with van der Waals surface area (Å²) in [6.45, 7) is 1.71. The van der Waals surface area contributed by atoms with Gasteiger partial charge in [0.25, 0.3) is 0 Å². The summed E-state index contributed by atoms with van der Waals surface area (Å²) in [6.07, 6.45) is 0. The fourth-order valence-electron chi connectivity index (χ4n) is 0.676. The molecule has 6 heteroatoms. The lowest BCUT2D eigenvalue weighted by molar-refractivity contribution is 0.377. The summed E-state index contributed by atoms with van der Waals surface area (Å²) in [5, 5.41) is 16.8. The van der Waals surface area contributed by atoms with E-state index in [1.807, 2.05) is 5.48 Å². The van der Waals surface area contributed by atoms with Gasteiger partial charge in [0.2, 0.25) is 5.95 Å². The van der Waals surface area contributed by atoms with Crippen molar-refractivity contribution in [1.82, 2.24) is 9.97 Å². The Morgan fingerprint density at radius 3 is 2.55 bits per heavy atom. The molecule has 0 saturated carbocycles. The van der Waals surface area contributed by atoms with Gasteiger partial charge in [0, 0.05) is 11.8 Å². The minimum atomic E-state index is 0.0431. The van der Waals surface area contributed by atoms with Gasteiger partial charge in [0.05, 0.1) is 0 Å². The Morgan fingerprint density at radius 2 is 2.00 bits per heavy atom. The van der Waals surface area contributed by atoms with Crippen LogP contribution in [0.2, 0.25) is 0 Å². The zero-order chi connectivity index (χ0) is 8.27. The van der Waals surface area contributed by atoms with Crippen LogP contribution in [-0.2, 0) is 0 Å². The highest BCUT2D eigenvalue weighted by atomic mass is 16.5. The van der Waals surface area contributed by atoms with Crippen molar-refractivity contribution in [2.45, 2.75) is 6.92 Å². The highest BCUT2D eigenvalue weighted by molar-refractivity contribution is 5.38. The third kappa shape index (κ3) is 1.76. The maximum absolute atomic E-state index is 8.43. The van der Waals surface area contributed by atoms with E-state index in [1.165, 1.54) is 6.07 Å². The number of nitrogens with zero attached hydrogens (tertiary/aromatic N) is 2. The van der Waals surface area contributed by atoms with Gasteiger partial charge in [-0.25, -0.2) is 10.5 Å². The number of hydrogen-bond donors (Lipinski definition) is 4. The molecule has 1 rings (SSSR count). The van der Waals surface area contributed by atoms with Crippen LogP contribution in [0.1, 0.15) is 5.69 Å². The predicted octanol–water partition coefficient (Wildman–Crippen LogP) is 0.387. The zero-order valence-electron chi connectivity index (χ0n) is 5.87. The van der Waals surface area contributed by atoms with Gasteiger partial charge in [-0.1, -0.05) is 0 Å². The van der Waals surface area contributed by atoms with Gasteiger partial charge in [-0.15, -0.1) is 0 Å². The maximum atomic E-state index is 8.43. The van der Waals surface area contributed by atoms with Crippen LogP contribution < -0.4 is 11.0 Å². The molecule has 4 N–H and O–H groups in total. The summed E-state index contributed by atoms with van der Waals surface area (Å²) >= 11 is 0. The number of nitrogens with one attached hydrogen (secondary N) is 2. The van der Waals surface area contributed by atoms with E-state index in [0.717, 1.165) is 0 Å². The Hall–Kier alpha value is -1.40. The lowest BCUT2D eigenvalue weighted by Crippen LogP contribution is -2.02. The average molecular weight is 156 g/mol. The van der Waals surface area contributed by atoms with E-state index >= 15 is 0 Å². The van der Waals surface area contributed by atoms with Crippen molar-refractivity contribution in [2.24, 2.45) is 0 Å². The van der Waals surface area contributed by atoms with E-state index in [-0.39, 0.29) is 11.8 Å². The minimum Gasteiger partial charge on any atom is -0.290 e. The van der Waals surface area contributed by atoms with Crippen LogP contribution >= 0.6 is 0 Å². The molecule has 11 heavy (non-hydrogen) atoms. The van der Waals surface area contributed by atoms with Crippen LogP contribution in [0.4, 0.5) is 11.8 Å². The third-order valence-corrected chi connectivity index (χ3v) is 1.07. The van der Waals surface area contributed by atoms with Gasteiger partial charge < -0.3 is 0 Å². The number of rotatable bonds is 2. The Labute approximate surface area is 62.8 Å². The summed E-state index contributed by atoms with van der Waals surface area (Å²) < 4.78 is 0. The lowest BCUT2D eigenvalue weighted by atomic mass is 10.4. The van der Waals surface area contributed by atoms with E-state index in [4.69, 9.17) is 10.4 Å². The molecule has 0 atom stereocenters.